The van der Waals surface area contributed by atoms with Crippen LogP contribution >= 0.6 is 15.9 Å². The van der Waals surface area contributed by atoms with E-state index in [2.05, 4.69) is 15.9 Å². The number of carbonyl (C=O) groups is 2. The highest BCUT2D eigenvalue weighted by Crippen LogP contribution is 2.27. The van der Waals surface area contributed by atoms with E-state index in [0.717, 1.165) is 0 Å². The fourth-order valence-electron chi connectivity index (χ4n) is 2.03. The molecule has 21 heavy (non-hydrogen) atoms. The Hall–Kier alpha value is -2.14. The third kappa shape index (κ3) is 3.31. The second-order valence-electron chi connectivity index (χ2n) is 4.67. The molecule has 2 N–H and O–H groups in total. The molecule has 0 spiro atoms. The number of carbonyl (C=O) groups excluding carboxylic acids is 2. The van der Waals surface area contributed by atoms with Crippen LogP contribution in [0, 0.1) is 13.8 Å². The van der Waals surface area contributed by atoms with Gasteiger partial charge in [0.05, 0.1) is 5.56 Å². The van der Waals surface area contributed by atoms with Crippen molar-refractivity contribution in [1.82, 2.24) is 0 Å². The van der Waals surface area contributed by atoms with Crippen LogP contribution in [0.2, 0.25) is 0 Å². The molecule has 5 heteroatoms. The van der Waals surface area contributed by atoms with Gasteiger partial charge in [0.2, 0.25) is 5.91 Å². The maximum atomic E-state index is 12.2. The van der Waals surface area contributed by atoms with E-state index in [1.807, 2.05) is 6.07 Å². The number of esters is 1. The number of primary amides is 1. The number of hydrogen-bond donors (Lipinski definition) is 1. The number of benzene rings is 2. The monoisotopic (exact) mass is 347 g/mol. The van der Waals surface area contributed by atoms with Gasteiger partial charge in [-0.25, -0.2) is 4.79 Å². The third-order valence-corrected chi connectivity index (χ3v) is 3.72. The molecule has 108 valence electrons. The Labute approximate surface area is 131 Å². The molecule has 2 aromatic rings. The topological polar surface area (TPSA) is 69.4 Å². The Kier molecular flexibility index (Phi) is 4.43. The average Bonchev–Trinajstić information content (AvgIpc) is 2.42. The summed E-state index contributed by atoms with van der Waals surface area (Å²) >= 11 is 3.32. The SMILES string of the molecule is Cc1cc(C(N)=O)cc(C)c1OC(=O)c1ccccc1Br. The zero-order chi connectivity index (χ0) is 15.6. The molecule has 0 unspecified atom stereocenters. The van der Waals surface area contributed by atoms with Gasteiger partial charge in [-0.3, -0.25) is 4.79 Å². The summed E-state index contributed by atoms with van der Waals surface area (Å²) in [5.74, 6) is -0.522. The van der Waals surface area contributed by atoms with Gasteiger partial charge in [0.1, 0.15) is 5.75 Å². The number of aryl methyl sites for hydroxylation is 2. The van der Waals surface area contributed by atoms with Gasteiger partial charge < -0.3 is 10.5 Å². The molecule has 0 aliphatic carbocycles. The lowest BCUT2D eigenvalue weighted by Gasteiger charge is -2.12. The first-order valence-corrected chi connectivity index (χ1v) is 7.07. The molecule has 0 bridgehead atoms. The fourth-order valence-corrected chi connectivity index (χ4v) is 2.47. The number of amides is 1. The quantitative estimate of drug-likeness (QED) is 0.683. The van der Waals surface area contributed by atoms with E-state index < -0.39 is 11.9 Å². The number of ether oxygens (including phenoxy) is 1. The van der Waals surface area contributed by atoms with Crippen molar-refractivity contribution < 1.29 is 14.3 Å². The first-order chi connectivity index (χ1) is 9.90. The van der Waals surface area contributed by atoms with Crippen molar-refractivity contribution in [3.8, 4) is 5.75 Å². The Bertz CT molecular complexity index is 702. The van der Waals surface area contributed by atoms with E-state index in [1.54, 1.807) is 44.2 Å². The van der Waals surface area contributed by atoms with Gasteiger partial charge in [-0.15, -0.1) is 0 Å². The zero-order valence-corrected chi connectivity index (χ0v) is 13.2. The summed E-state index contributed by atoms with van der Waals surface area (Å²) in [6.45, 7) is 3.53. The smallest absolute Gasteiger partial charge is 0.344 e. The molecule has 0 fully saturated rings. The van der Waals surface area contributed by atoms with Crippen molar-refractivity contribution in [2.45, 2.75) is 13.8 Å². The second kappa shape index (κ2) is 6.10. The Morgan fingerprint density at radius 2 is 1.67 bits per heavy atom. The van der Waals surface area contributed by atoms with Crippen LogP contribution in [0.25, 0.3) is 0 Å². The number of hydrogen-bond acceptors (Lipinski definition) is 3. The lowest BCUT2D eigenvalue weighted by atomic mass is 10.1. The number of nitrogens with two attached hydrogens (primary N) is 1. The summed E-state index contributed by atoms with van der Waals surface area (Å²) in [6.07, 6.45) is 0. The van der Waals surface area contributed by atoms with Crippen molar-refractivity contribution >= 4 is 27.8 Å². The molecule has 1 amide bonds. The first-order valence-electron chi connectivity index (χ1n) is 6.28. The van der Waals surface area contributed by atoms with Crippen LogP contribution in [-0.2, 0) is 0 Å². The molecule has 0 aliphatic heterocycles. The molecule has 0 saturated carbocycles. The van der Waals surface area contributed by atoms with Crippen LogP contribution in [0.5, 0.6) is 5.75 Å². The lowest BCUT2D eigenvalue weighted by molar-refractivity contribution is 0.0731. The Balaban J connectivity index is 2.34. The van der Waals surface area contributed by atoms with Crippen LogP contribution in [0.1, 0.15) is 31.8 Å². The predicted octanol–water partition coefficient (Wildman–Crippen LogP) is 3.38. The Morgan fingerprint density at radius 1 is 1.10 bits per heavy atom. The molecule has 0 saturated heterocycles. The molecule has 0 atom stereocenters. The molecule has 0 radical (unpaired) electrons. The van der Waals surface area contributed by atoms with E-state index in [9.17, 15) is 9.59 Å². The predicted molar refractivity (Wildman–Crippen MR) is 83.5 cm³/mol. The molecule has 2 rings (SSSR count). The van der Waals surface area contributed by atoms with Crippen LogP contribution < -0.4 is 10.5 Å². The standard InChI is InChI=1S/C16H14BrNO3/c1-9-7-11(15(18)19)8-10(2)14(9)21-16(20)12-5-3-4-6-13(12)17/h3-8H,1-2H3,(H2,18,19). The van der Waals surface area contributed by atoms with Crippen molar-refractivity contribution in [2.24, 2.45) is 5.73 Å². The van der Waals surface area contributed by atoms with Gasteiger partial charge >= 0.3 is 5.97 Å². The summed E-state index contributed by atoms with van der Waals surface area (Å²) in [5.41, 5.74) is 7.46. The molecular formula is C16H14BrNO3. The van der Waals surface area contributed by atoms with E-state index in [-0.39, 0.29) is 0 Å². The van der Waals surface area contributed by atoms with Crippen molar-refractivity contribution in [1.29, 1.82) is 0 Å². The molecule has 0 aromatic heterocycles. The average molecular weight is 348 g/mol. The fraction of sp³-hybridized carbons (Fsp3) is 0.125. The minimum absolute atomic E-state index is 0.394. The maximum absolute atomic E-state index is 12.2. The summed E-state index contributed by atoms with van der Waals surface area (Å²) in [6, 6.07) is 10.2. The van der Waals surface area contributed by atoms with Crippen LogP contribution in [0.4, 0.5) is 0 Å². The van der Waals surface area contributed by atoms with E-state index in [0.29, 0.717) is 32.5 Å². The third-order valence-electron chi connectivity index (χ3n) is 3.03. The molecule has 4 nitrogen and oxygen atoms in total. The van der Waals surface area contributed by atoms with Crippen molar-refractivity contribution in [3.05, 3.63) is 63.1 Å². The van der Waals surface area contributed by atoms with E-state index in [1.165, 1.54) is 0 Å². The second-order valence-corrected chi connectivity index (χ2v) is 5.53. The highest BCUT2D eigenvalue weighted by Gasteiger charge is 2.16. The highest BCUT2D eigenvalue weighted by atomic mass is 79.9. The number of rotatable bonds is 3. The lowest BCUT2D eigenvalue weighted by Crippen LogP contribution is -2.14. The maximum Gasteiger partial charge on any atom is 0.344 e. The zero-order valence-electron chi connectivity index (χ0n) is 11.6. The molecule has 0 heterocycles. The number of halogens is 1. The van der Waals surface area contributed by atoms with Crippen molar-refractivity contribution in [2.75, 3.05) is 0 Å². The van der Waals surface area contributed by atoms with Crippen LogP contribution in [-0.4, -0.2) is 11.9 Å². The minimum Gasteiger partial charge on any atom is -0.422 e. The van der Waals surface area contributed by atoms with Gasteiger partial charge in [-0.05, 0) is 65.2 Å². The van der Waals surface area contributed by atoms with Crippen molar-refractivity contribution in [3.63, 3.8) is 0 Å². The summed E-state index contributed by atoms with van der Waals surface area (Å²) < 4.78 is 6.12. The van der Waals surface area contributed by atoms with Crippen LogP contribution in [0.15, 0.2) is 40.9 Å². The van der Waals surface area contributed by atoms with Gasteiger partial charge in [0.25, 0.3) is 0 Å². The minimum atomic E-state index is -0.509. The van der Waals surface area contributed by atoms with E-state index >= 15 is 0 Å². The van der Waals surface area contributed by atoms with Gasteiger partial charge in [0.15, 0.2) is 0 Å². The Morgan fingerprint density at radius 3 is 2.19 bits per heavy atom. The summed E-state index contributed by atoms with van der Waals surface area (Å²) in [5, 5.41) is 0. The normalized spacial score (nSPS) is 10.2. The van der Waals surface area contributed by atoms with Gasteiger partial charge in [-0.1, -0.05) is 12.1 Å². The van der Waals surface area contributed by atoms with E-state index in [4.69, 9.17) is 10.5 Å². The summed E-state index contributed by atoms with van der Waals surface area (Å²) in [4.78, 5) is 23.4. The summed E-state index contributed by atoms with van der Waals surface area (Å²) in [7, 11) is 0. The molecular weight excluding hydrogens is 334 g/mol. The van der Waals surface area contributed by atoms with Crippen LogP contribution in [0.3, 0.4) is 0 Å². The largest absolute Gasteiger partial charge is 0.422 e. The molecule has 2 aromatic carbocycles. The van der Waals surface area contributed by atoms with Gasteiger partial charge in [-0.2, -0.15) is 0 Å². The molecule has 0 aliphatic rings. The highest BCUT2D eigenvalue weighted by molar-refractivity contribution is 9.10. The van der Waals surface area contributed by atoms with Gasteiger partial charge in [0, 0.05) is 10.0 Å². The first kappa shape index (κ1) is 15.3.